The molecule has 0 amide bonds. The van der Waals surface area contributed by atoms with Crippen LogP contribution in [0.3, 0.4) is 0 Å². The fourth-order valence-corrected chi connectivity index (χ4v) is 1.40. The summed E-state index contributed by atoms with van der Waals surface area (Å²) in [6.07, 6.45) is 1.70. The number of halogens is 1. The van der Waals surface area contributed by atoms with Crippen LogP contribution in [0, 0.1) is 0 Å². The quantitative estimate of drug-likeness (QED) is 0.801. The monoisotopic (exact) mass is 241 g/mol. The average Bonchev–Trinajstić information content (AvgIpc) is 2.20. The van der Waals surface area contributed by atoms with Crippen molar-refractivity contribution >= 4 is 11.6 Å². The fraction of sp³-hybridized carbons (Fsp3) is 0.583. The van der Waals surface area contributed by atoms with Crippen molar-refractivity contribution < 1.29 is 0 Å². The van der Waals surface area contributed by atoms with Gasteiger partial charge >= 0.3 is 0 Å². The molecule has 1 aromatic heterocycles. The summed E-state index contributed by atoms with van der Waals surface area (Å²) in [5.74, 6) is 0. The molecule has 0 aliphatic carbocycles. The molecule has 4 heteroatoms. The minimum atomic E-state index is 0.134. The van der Waals surface area contributed by atoms with Crippen molar-refractivity contribution in [3.05, 3.63) is 29.0 Å². The number of likely N-dealkylation sites (N-methyl/N-ethyl adjacent to an activating group) is 1. The van der Waals surface area contributed by atoms with E-state index in [1.165, 1.54) is 0 Å². The molecule has 0 atom stereocenters. The predicted molar refractivity (Wildman–Crippen MR) is 68.7 cm³/mol. The summed E-state index contributed by atoms with van der Waals surface area (Å²) in [5, 5.41) is 3.98. The highest BCUT2D eigenvalue weighted by molar-refractivity contribution is 6.30. The van der Waals surface area contributed by atoms with E-state index >= 15 is 0 Å². The Bertz CT molecular complexity index is 337. The highest BCUT2D eigenvalue weighted by atomic mass is 35.5. The largest absolute Gasteiger partial charge is 0.311 e. The van der Waals surface area contributed by atoms with E-state index in [1.54, 1.807) is 6.20 Å². The number of nitrogens with zero attached hydrogens (tertiary/aromatic N) is 2. The molecule has 1 aromatic rings. The number of aromatic nitrogens is 1. The highest BCUT2D eigenvalue weighted by Gasteiger charge is 2.19. The van der Waals surface area contributed by atoms with E-state index in [2.05, 4.69) is 43.1 Å². The van der Waals surface area contributed by atoms with Gasteiger partial charge in [-0.3, -0.25) is 0 Å². The van der Waals surface area contributed by atoms with Gasteiger partial charge in [0.15, 0.2) is 0 Å². The van der Waals surface area contributed by atoms with Crippen LogP contribution in [0.1, 0.15) is 19.4 Å². The Labute approximate surface area is 103 Å². The summed E-state index contributed by atoms with van der Waals surface area (Å²) in [5.41, 5.74) is 1.17. The molecule has 16 heavy (non-hydrogen) atoms. The third kappa shape index (κ3) is 3.74. The Hall–Kier alpha value is -0.640. The second kappa shape index (κ2) is 5.62. The van der Waals surface area contributed by atoms with Gasteiger partial charge in [0.2, 0.25) is 0 Å². The standard InChI is InChI=1S/C12H20ClN3/c1-12(2,16(3)4)9-14-8-10-6-5-7-15-11(10)13/h5-7,14H,8-9H2,1-4H3. The number of hydrogen-bond acceptors (Lipinski definition) is 3. The van der Waals surface area contributed by atoms with Crippen LogP contribution in [-0.2, 0) is 6.54 Å². The smallest absolute Gasteiger partial charge is 0.133 e. The van der Waals surface area contributed by atoms with Crippen molar-refractivity contribution in [2.75, 3.05) is 20.6 Å². The Balaban J connectivity index is 2.45. The molecule has 3 nitrogen and oxygen atoms in total. The van der Waals surface area contributed by atoms with Crippen LogP contribution in [0.25, 0.3) is 0 Å². The lowest BCUT2D eigenvalue weighted by atomic mass is 10.0. The van der Waals surface area contributed by atoms with Crippen LogP contribution in [-0.4, -0.2) is 36.1 Å². The van der Waals surface area contributed by atoms with E-state index in [9.17, 15) is 0 Å². The van der Waals surface area contributed by atoms with Crippen LogP contribution in [0.2, 0.25) is 5.15 Å². The SMILES string of the molecule is CN(C)C(C)(C)CNCc1cccnc1Cl. The molecule has 0 bridgehead atoms. The summed E-state index contributed by atoms with van der Waals surface area (Å²) in [6, 6.07) is 3.89. The number of hydrogen-bond donors (Lipinski definition) is 1. The Morgan fingerprint density at radius 1 is 1.44 bits per heavy atom. The van der Waals surface area contributed by atoms with Gasteiger partial charge in [0.05, 0.1) is 0 Å². The van der Waals surface area contributed by atoms with E-state index in [1.807, 2.05) is 12.1 Å². The fourth-order valence-electron chi connectivity index (χ4n) is 1.21. The molecule has 0 saturated heterocycles. The summed E-state index contributed by atoms with van der Waals surface area (Å²) >= 11 is 5.98. The van der Waals surface area contributed by atoms with Crippen molar-refractivity contribution in [1.82, 2.24) is 15.2 Å². The van der Waals surface area contributed by atoms with Crippen LogP contribution >= 0.6 is 11.6 Å². The van der Waals surface area contributed by atoms with Crippen molar-refractivity contribution in [3.8, 4) is 0 Å². The van der Waals surface area contributed by atoms with E-state index in [-0.39, 0.29) is 5.54 Å². The van der Waals surface area contributed by atoms with Crippen molar-refractivity contribution in [3.63, 3.8) is 0 Å². The van der Waals surface area contributed by atoms with Gasteiger partial charge in [-0.1, -0.05) is 17.7 Å². The van der Waals surface area contributed by atoms with Crippen molar-refractivity contribution in [2.24, 2.45) is 0 Å². The van der Waals surface area contributed by atoms with E-state index in [0.29, 0.717) is 5.15 Å². The van der Waals surface area contributed by atoms with Gasteiger partial charge in [0, 0.05) is 30.4 Å². The second-order valence-corrected chi connectivity index (χ2v) is 5.12. The molecule has 0 aliphatic heterocycles. The molecular weight excluding hydrogens is 222 g/mol. The van der Waals surface area contributed by atoms with E-state index < -0.39 is 0 Å². The normalized spacial score (nSPS) is 12.1. The number of rotatable bonds is 5. The second-order valence-electron chi connectivity index (χ2n) is 4.76. The summed E-state index contributed by atoms with van der Waals surface area (Å²) < 4.78 is 0. The third-order valence-electron chi connectivity index (χ3n) is 2.92. The summed E-state index contributed by atoms with van der Waals surface area (Å²) in [4.78, 5) is 6.24. The molecule has 0 unspecified atom stereocenters. The van der Waals surface area contributed by atoms with Gasteiger partial charge in [-0.25, -0.2) is 4.98 Å². The first-order valence-corrected chi connectivity index (χ1v) is 5.79. The van der Waals surface area contributed by atoms with Crippen LogP contribution < -0.4 is 5.32 Å². The minimum absolute atomic E-state index is 0.134. The Morgan fingerprint density at radius 2 is 2.12 bits per heavy atom. The maximum atomic E-state index is 5.98. The van der Waals surface area contributed by atoms with Gasteiger partial charge < -0.3 is 10.2 Å². The lowest BCUT2D eigenvalue weighted by Crippen LogP contribution is -2.46. The molecule has 1 N–H and O–H groups in total. The summed E-state index contributed by atoms with van der Waals surface area (Å²) in [7, 11) is 4.16. The number of nitrogens with one attached hydrogen (secondary N) is 1. The first-order valence-electron chi connectivity index (χ1n) is 5.41. The molecule has 0 spiro atoms. The lowest BCUT2D eigenvalue weighted by molar-refractivity contribution is 0.190. The molecular formula is C12H20ClN3. The zero-order valence-electron chi connectivity index (χ0n) is 10.4. The van der Waals surface area contributed by atoms with E-state index in [0.717, 1.165) is 18.7 Å². The summed E-state index contributed by atoms with van der Waals surface area (Å²) in [6.45, 7) is 6.06. The van der Waals surface area contributed by atoms with Crippen LogP contribution in [0.15, 0.2) is 18.3 Å². The third-order valence-corrected chi connectivity index (χ3v) is 3.26. The van der Waals surface area contributed by atoms with Gasteiger partial charge in [-0.05, 0) is 34.0 Å². The molecule has 0 aromatic carbocycles. The zero-order valence-corrected chi connectivity index (χ0v) is 11.2. The van der Waals surface area contributed by atoms with Gasteiger partial charge in [0.1, 0.15) is 5.15 Å². The predicted octanol–water partition coefficient (Wildman–Crippen LogP) is 2.16. The maximum absolute atomic E-state index is 5.98. The Morgan fingerprint density at radius 3 is 2.69 bits per heavy atom. The molecule has 1 rings (SSSR count). The molecule has 0 radical (unpaired) electrons. The van der Waals surface area contributed by atoms with Crippen LogP contribution in [0.5, 0.6) is 0 Å². The molecule has 0 fully saturated rings. The molecule has 0 aliphatic rings. The minimum Gasteiger partial charge on any atom is -0.311 e. The van der Waals surface area contributed by atoms with Gasteiger partial charge in [-0.2, -0.15) is 0 Å². The van der Waals surface area contributed by atoms with Crippen molar-refractivity contribution in [2.45, 2.75) is 25.9 Å². The highest BCUT2D eigenvalue weighted by Crippen LogP contribution is 2.12. The van der Waals surface area contributed by atoms with Crippen LogP contribution in [0.4, 0.5) is 0 Å². The Kier molecular flexibility index (Phi) is 4.71. The van der Waals surface area contributed by atoms with E-state index in [4.69, 9.17) is 11.6 Å². The molecule has 90 valence electrons. The van der Waals surface area contributed by atoms with Gasteiger partial charge in [0.25, 0.3) is 0 Å². The number of pyridine rings is 1. The van der Waals surface area contributed by atoms with Gasteiger partial charge in [-0.15, -0.1) is 0 Å². The average molecular weight is 242 g/mol. The van der Waals surface area contributed by atoms with Crippen molar-refractivity contribution in [1.29, 1.82) is 0 Å². The zero-order chi connectivity index (χ0) is 12.2. The topological polar surface area (TPSA) is 28.2 Å². The molecule has 1 heterocycles. The first kappa shape index (κ1) is 13.4. The first-order chi connectivity index (χ1) is 7.43. The molecule has 0 saturated carbocycles. The maximum Gasteiger partial charge on any atom is 0.133 e. The lowest BCUT2D eigenvalue weighted by Gasteiger charge is -2.32.